The SMILES string of the molecule is COc1cc(C=Nc2ccc(C(C)=O)cc2)c([N+](=O)[O-])cc1OC. The molecule has 2 rings (SSSR count). The number of carbonyl (C=O) groups is 1. The first kappa shape index (κ1) is 17.1. The average Bonchev–Trinajstić information content (AvgIpc) is 2.59. The topological polar surface area (TPSA) is 91.0 Å². The minimum Gasteiger partial charge on any atom is -0.493 e. The van der Waals surface area contributed by atoms with Gasteiger partial charge in [0.2, 0.25) is 0 Å². The lowest BCUT2D eigenvalue weighted by atomic mass is 10.1. The lowest BCUT2D eigenvalue weighted by Gasteiger charge is -2.08. The summed E-state index contributed by atoms with van der Waals surface area (Å²) in [4.78, 5) is 26.2. The quantitative estimate of drug-likeness (QED) is 0.350. The van der Waals surface area contributed by atoms with Gasteiger partial charge in [-0.15, -0.1) is 0 Å². The number of hydrogen-bond acceptors (Lipinski definition) is 6. The van der Waals surface area contributed by atoms with E-state index in [9.17, 15) is 14.9 Å². The van der Waals surface area contributed by atoms with Crippen LogP contribution in [-0.2, 0) is 0 Å². The smallest absolute Gasteiger partial charge is 0.282 e. The summed E-state index contributed by atoms with van der Waals surface area (Å²) in [6.07, 6.45) is 1.38. The lowest BCUT2D eigenvalue weighted by Crippen LogP contribution is -1.98. The van der Waals surface area contributed by atoms with E-state index in [4.69, 9.17) is 9.47 Å². The summed E-state index contributed by atoms with van der Waals surface area (Å²) in [5, 5.41) is 11.2. The predicted octanol–water partition coefficient (Wildman–Crippen LogP) is 3.57. The number of benzene rings is 2. The van der Waals surface area contributed by atoms with Crippen molar-refractivity contribution in [3.8, 4) is 11.5 Å². The number of nitrogens with zero attached hydrogens (tertiary/aromatic N) is 2. The van der Waals surface area contributed by atoms with Gasteiger partial charge in [0.1, 0.15) is 0 Å². The van der Waals surface area contributed by atoms with Gasteiger partial charge in [-0.25, -0.2) is 0 Å². The molecule has 7 heteroatoms. The van der Waals surface area contributed by atoms with Crippen LogP contribution in [-0.4, -0.2) is 31.1 Å². The van der Waals surface area contributed by atoms with Gasteiger partial charge in [0, 0.05) is 11.8 Å². The van der Waals surface area contributed by atoms with E-state index in [1.54, 1.807) is 24.3 Å². The third-order valence-corrected chi connectivity index (χ3v) is 3.36. The highest BCUT2D eigenvalue weighted by molar-refractivity contribution is 5.94. The highest BCUT2D eigenvalue weighted by atomic mass is 16.6. The molecule has 0 aromatic heterocycles. The van der Waals surface area contributed by atoms with Crippen molar-refractivity contribution in [1.82, 2.24) is 0 Å². The van der Waals surface area contributed by atoms with Gasteiger partial charge >= 0.3 is 0 Å². The standard InChI is InChI=1S/C17H16N2O5/c1-11(20)12-4-6-14(7-5-12)18-10-13-8-16(23-2)17(24-3)9-15(13)19(21)22/h4-10H,1-3H3. The Morgan fingerprint density at radius 3 is 2.21 bits per heavy atom. The lowest BCUT2D eigenvalue weighted by molar-refractivity contribution is -0.385. The van der Waals surface area contributed by atoms with Crippen molar-refractivity contribution in [2.75, 3.05) is 14.2 Å². The first-order valence-corrected chi connectivity index (χ1v) is 7.01. The number of nitro groups is 1. The van der Waals surface area contributed by atoms with Gasteiger partial charge in [-0.3, -0.25) is 19.9 Å². The minimum absolute atomic E-state index is 0.0407. The molecule has 0 bridgehead atoms. The molecule has 0 fully saturated rings. The van der Waals surface area contributed by atoms with Crippen molar-refractivity contribution >= 4 is 23.4 Å². The van der Waals surface area contributed by atoms with Crippen LogP contribution >= 0.6 is 0 Å². The van der Waals surface area contributed by atoms with Gasteiger partial charge in [-0.2, -0.15) is 0 Å². The van der Waals surface area contributed by atoms with Crippen molar-refractivity contribution < 1.29 is 19.2 Å². The third-order valence-electron chi connectivity index (χ3n) is 3.36. The van der Waals surface area contributed by atoms with Gasteiger partial charge in [0.05, 0.1) is 36.5 Å². The van der Waals surface area contributed by atoms with Crippen molar-refractivity contribution in [2.24, 2.45) is 4.99 Å². The van der Waals surface area contributed by atoms with E-state index >= 15 is 0 Å². The number of ketones is 1. The highest BCUT2D eigenvalue weighted by Crippen LogP contribution is 2.33. The van der Waals surface area contributed by atoms with Gasteiger partial charge in [-0.05, 0) is 37.3 Å². The van der Waals surface area contributed by atoms with Crippen molar-refractivity contribution in [3.05, 3.63) is 57.6 Å². The maximum absolute atomic E-state index is 11.2. The first-order valence-electron chi connectivity index (χ1n) is 7.01. The zero-order chi connectivity index (χ0) is 17.7. The maximum Gasteiger partial charge on any atom is 0.282 e. The van der Waals surface area contributed by atoms with E-state index in [1.807, 2.05) is 0 Å². The normalized spacial score (nSPS) is 10.6. The van der Waals surface area contributed by atoms with E-state index in [1.165, 1.54) is 39.5 Å². The molecule has 0 N–H and O–H groups in total. The zero-order valence-electron chi connectivity index (χ0n) is 13.5. The summed E-state index contributed by atoms with van der Waals surface area (Å²) in [6, 6.07) is 9.42. The molecule has 0 spiro atoms. The van der Waals surface area contributed by atoms with Crippen LogP contribution in [0.1, 0.15) is 22.8 Å². The van der Waals surface area contributed by atoms with Gasteiger partial charge in [0.15, 0.2) is 17.3 Å². The van der Waals surface area contributed by atoms with Crippen LogP contribution in [0.25, 0.3) is 0 Å². The Hall–Kier alpha value is -3.22. The molecule has 0 amide bonds. The number of rotatable bonds is 6. The predicted molar refractivity (Wildman–Crippen MR) is 89.9 cm³/mol. The zero-order valence-corrected chi connectivity index (χ0v) is 13.5. The molecular formula is C17H16N2O5. The summed E-state index contributed by atoms with van der Waals surface area (Å²) in [6.45, 7) is 1.48. The Morgan fingerprint density at radius 2 is 1.71 bits per heavy atom. The van der Waals surface area contributed by atoms with Gasteiger partial charge in [-0.1, -0.05) is 0 Å². The summed E-state index contributed by atoms with van der Waals surface area (Å²) in [5.41, 5.74) is 1.29. The van der Waals surface area contributed by atoms with E-state index in [0.717, 1.165) is 0 Å². The monoisotopic (exact) mass is 328 g/mol. The second-order valence-corrected chi connectivity index (χ2v) is 4.88. The third kappa shape index (κ3) is 3.75. The largest absolute Gasteiger partial charge is 0.493 e. The highest BCUT2D eigenvalue weighted by Gasteiger charge is 2.18. The molecule has 0 aliphatic rings. The van der Waals surface area contributed by atoms with Crippen molar-refractivity contribution in [2.45, 2.75) is 6.92 Å². The number of hydrogen-bond donors (Lipinski definition) is 0. The molecule has 0 aliphatic heterocycles. The van der Waals surface area contributed by atoms with Gasteiger partial charge in [0.25, 0.3) is 5.69 Å². The second kappa shape index (κ2) is 7.36. The number of aliphatic imine (C=N–C) groups is 1. The van der Waals surface area contributed by atoms with E-state index in [0.29, 0.717) is 17.0 Å². The van der Waals surface area contributed by atoms with E-state index in [-0.39, 0.29) is 22.8 Å². The summed E-state index contributed by atoms with van der Waals surface area (Å²) >= 11 is 0. The molecule has 2 aromatic rings. The average molecular weight is 328 g/mol. The second-order valence-electron chi connectivity index (χ2n) is 4.88. The number of Topliss-reactive ketones (excluding diaryl/α,β-unsaturated/α-hetero) is 1. The summed E-state index contributed by atoms with van der Waals surface area (Å²) in [7, 11) is 2.86. The van der Waals surface area contributed by atoms with E-state index in [2.05, 4.69) is 4.99 Å². The fourth-order valence-corrected chi connectivity index (χ4v) is 2.07. The Bertz CT molecular complexity index is 797. The molecule has 7 nitrogen and oxygen atoms in total. The molecule has 24 heavy (non-hydrogen) atoms. The van der Waals surface area contributed by atoms with Gasteiger partial charge < -0.3 is 9.47 Å². The fourth-order valence-electron chi connectivity index (χ4n) is 2.07. The summed E-state index contributed by atoms with van der Waals surface area (Å²) < 4.78 is 10.2. The number of methoxy groups -OCH3 is 2. The van der Waals surface area contributed by atoms with Crippen LogP contribution in [0.15, 0.2) is 41.4 Å². The maximum atomic E-state index is 11.2. The molecule has 0 heterocycles. The Kier molecular flexibility index (Phi) is 5.26. The number of ether oxygens (including phenoxy) is 2. The Balaban J connectivity index is 2.40. The van der Waals surface area contributed by atoms with Crippen LogP contribution < -0.4 is 9.47 Å². The molecular weight excluding hydrogens is 312 g/mol. The van der Waals surface area contributed by atoms with Crippen LogP contribution in [0, 0.1) is 10.1 Å². The van der Waals surface area contributed by atoms with Crippen LogP contribution in [0.3, 0.4) is 0 Å². The molecule has 124 valence electrons. The van der Waals surface area contributed by atoms with E-state index < -0.39 is 4.92 Å². The molecule has 0 unspecified atom stereocenters. The Morgan fingerprint density at radius 1 is 1.12 bits per heavy atom. The molecule has 0 aliphatic carbocycles. The first-order chi connectivity index (χ1) is 11.5. The molecule has 0 saturated carbocycles. The van der Waals surface area contributed by atoms with Crippen molar-refractivity contribution in [3.63, 3.8) is 0 Å². The minimum atomic E-state index is -0.512. The van der Waals surface area contributed by atoms with Crippen LogP contribution in [0.2, 0.25) is 0 Å². The fraction of sp³-hybridized carbons (Fsp3) is 0.176. The molecule has 2 aromatic carbocycles. The summed E-state index contributed by atoms with van der Waals surface area (Å²) in [5.74, 6) is 0.602. The Labute approximate surface area is 138 Å². The van der Waals surface area contributed by atoms with Crippen LogP contribution in [0.4, 0.5) is 11.4 Å². The molecule has 0 atom stereocenters. The molecule has 0 radical (unpaired) electrons. The number of nitro benzene ring substituents is 1. The van der Waals surface area contributed by atoms with Crippen LogP contribution in [0.5, 0.6) is 11.5 Å². The number of carbonyl (C=O) groups excluding carboxylic acids is 1. The molecule has 0 saturated heterocycles. The van der Waals surface area contributed by atoms with Crippen molar-refractivity contribution in [1.29, 1.82) is 0 Å².